The Morgan fingerprint density at radius 3 is 2.83 bits per heavy atom. The van der Waals surface area contributed by atoms with Crippen molar-refractivity contribution < 1.29 is 9.18 Å². The van der Waals surface area contributed by atoms with Crippen molar-refractivity contribution in [3.05, 3.63) is 35.6 Å². The second kappa shape index (κ2) is 5.51. The molecule has 0 bridgehead atoms. The topological polar surface area (TPSA) is 29.1 Å². The molecule has 2 atom stereocenters. The molecule has 0 radical (unpaired) electrons. The molecule has 18 heavy (non-hydrogen) atoms. The summed E-state index contributed by atoms with van der Waals surface area (Å²) in [5.74, 6) is 0.509. The van der Waals surface area contributed by atoms with E-state index in [0.717, 1.165) is 19.4 Å². The van der Waals surface area contributed by atoms with Gasteiger partial charge in [-0.15, -0.1) is 0 Å². The van der Waals surface area contributed by atoms with Gasteiger partial charge in [0.2, 0.25) is 5.91 Å². The summed E-state index contributed by atoms with van der Waals surface area (Å²) in [7, 11) is 0. The van der Waals surface area contributed by atoms with Gasteiger partial charge in [-0.25, -0.2) is 4.39 Å². The van der Waals surface area contributed by atoms with Gasteiger partial charge >= 0.3 is 0 Å². The van der Waals surface area contributed by atoms with Crippen molar-refractivity contribution in [2.24, 2.45) is 11.8 Å². The zero-order valence-corrected chi connectivity index (χ0v) is 10.9. The highest BCUT2D eigenvalue weighted by Gasteiger charge is 2.44. The van der Waals surface area contributed by atoms with E-state index in [4.69, 9.17) is 0 Å². The van der Waals surface area contributed by atoms with Crippen LogP contribution in [0.2, 0.25) is 0 Å². The maximum atomic E-state index is 13.5. The molecule has 3 heteroatoms. The molecule has 1 N–H and O–H groups in total. The Kier molecular flexibility index (Phi) is 4.00. The Balaban J connectivity index is 1.84. The van der Waals surface area contributed by atoms with Crippen molar-refractivity contribution in [3.8, 4) is 0 Å². The Hall–Kier alpha value is -1.38. The molecule has 0 saturated heterocycles. The van der Waals surface area contributed by atoms with Gasteiger partial charge in [-0.05, 0) is 36.3 Å². The molecule has 0 spiro atoms. The third kappa shape index (κ3) is 3.09. The molecule has 1 saturated carbocycles. The summed E-state index contributed by atoms with van der Waals surface area (Å²) in [6.45, 7) is 4.98. The summed E-state index contributed by atoms with van der Waals surface area (Å²) < 4.78 is 13.5. The van der Waals surface area contributed by atoms with Crippen LogP contribution in [-0.2, 0) is 4.79 Å². The fraction of sp³-hybridized carbons (Fsp3) is 0.533. The molecule has 2 unspecified atom stereocenters. The van der Waals surface area contributed by atoms with Crippen molar-refractivity contribution in [1.82, 2.24) is 5.32 Å². The van der Waals surface area contributed by atoms with E-state index in [-0.39, 0.29) is 23.6 Å². The normalized spacial score (nSPS) is 22.0. The molecule has 1 aliphatic rings. The highest BCUT2D eigenvalue weighted by atomic mass is 19.1. The fourth-order valence-electron chi connectivity index (χ4n) is 2.22. The molecule has 1 fully saturated rings. The Morgan fingerprint density at radius 1 is 1.44 bits per heavy atom. The molecule has 98 valence electrons. The monoisotopic (exact) mass is 249 g/mol. The van der Waals surface area contributed by atoms with E-state index in [1.54, 1.807) is 12.1 Å². The predicted molar refractivity (Wildman–Crippen MR) is 69.7 cm³/mol. The molecule has 0 heterocycles. The number of carbonyl (C=O) groups is 1. The van der Waals surface area contributed by atoms with Gasteiger partial charge in [0.25, 0.3) is 0 Å². The largest absolute Gasteiger partial charge is 0.356 e. The molecule has 1 aromatic carbocycles. The third-order valence-electron chi connectivity index (χ3n) is 3.45. The molecule has 1 aliphatic carbocycles. The van der Waals surface area contributed by atoms with Crippen LogP contribution in [0.15, 0.2) is 24.3 Å². The van der Waals surface area contributed by atoms with Crippen molar-refractivity contribution in [1.29, 1.82) is 0 Å². The highest BCUT2D eigenvalue weighted by Crippen LogP contribution is 2.48. The van der Waals surface area contributed by atoms with Crippen LogP contribution in [0.25, 0.3) is 0 Å². The number of nitrogens with one attached hydrogen (secondary N) is 1. The van der Waals surface area contributed by atoms with Gasteiger partial charge < -0.3 is 5.32 Å². The first kappa shape index (κ1) is 13.1. The zero-order valence-electron chi connectivity index (χ0n) is 10.9. The predicted octanol–water partition coefficient (Wildman–Crippen LogP) is 3.09. The van der Waals surface area contributed by atoms with E-state index in [1.807, 2.05) is 6.07 Å². The summed E-state index contributed by atoms with van der Waals surface area (Å²) in [4.78, 5) is 11.8. The van der Waals surface area contributed by atoms with Crippen LogP contribution in [0.3, 0.4) is 0 Å². The van der Waals surface area contributed by atoms with E-state index in [1.165, 1.54) is 6.07 Å². The minimum Gasteiger partial charge on any atom is -0.356 e. The summed E-state index contributed by atoms with van der Waals surface area (Å²) in [6, 6.07) is 6.74. The number of carbonyl (C=O) groups excluding carboxylic acids is 1. The first-order chi connectivity index (χ1) is 8.59. The van der Waals surface area contributed by atoms with E-state index in [9.17, 15) is 9.18 Å². The smallest absolute Gasteiger partial charge is 0.223 e. The van der Waals surface area contributed by atoms with E-state index >= 15 is 0 Å². The first-order valence-electron chi connectivity index (χ1n) is 6.61. The van der Waals surface area contributed by atoms with Gasteiger partial charge in [0.1, 0.15) is 5.82 Å². The second-order valence-electron chi connectivity index (χ2n) is 5.44. The SMILES string of the molecule is CC(C)CCNC(=O)C1CC1c1ccccc1F. The van der Waals surface area contributed by atoms with Crippen LogP contribution in [0.4, 0.5) is 4.39 Å². The standard InChI is InChI=1S/C15H20FNO/c1-10(2)7-8-17-15(18)13-9-12(13)11-5-3-4-6-14(11)16/h3-6,10,12-13H,7-9H2,1-2H3,(H,17,18). The number of rotatable bonds is 5. The zero-order chi connectivity index (χ0) is 13.1. The quantitative estimate of drug-likeness (QED) is 0.853. The number of amides is 1. The Bertz CT molecular complexity index is 430. The molecule has 1 amide bonds. The average Bonchev–Trinajstić information content (AvgIpc) is 3.09. The van der Waals surface area contributed by atoms with E-state index in [2.05, 4.69) is 19.2 Å². The molecule has 2 nitrogen and oxygen atoms in total. The van der Waals surface area contributed by atoms with Crippen LogP contribution in [-0.4, -0.2) is 12.5 Å². The lowest BCUT2D eigenvalue weighted by molar-refractivity contribution is -0.122. The van der Waals surface area contributed by atoms with Gasteiger partial charge in [-0.1, -0.05) is 32.0 Å². The summed E-state index contributed by atoms with van der Waals surface area (Å²) >= 11 is 0. The lowest BCUT2D eigenvalue weighted by atomic mass is 10.1. The van der Waals surface area contributed by atoms with Crippen molar-refractivity contribution in [2.45, 2.75) is 32.6 Å². The van der Waals surface area contributed by atoms with E-state index < -0.39 is 0 Å². The van der Waals surface area contributed by atoms with Crippen LogP contribution in [0, 0.1) is 17.7 Å². The third-order valence-corrected chi connectivity index (χ3v) is 3.45. The van der Waals surface area contributed by atoms with Crippen molar-refractivity contribution in [2.75, 3.05) is 6.54 Å². The van der Waals surface area contributed by atoms with Gasteiger partial charge in [0, 0.05) is 12.5 Å². The lowest BCUT2D eigenvalue weighted by Crippen LogP contribution is -2.27. The number of halogens is 1. The number of hydrogen-bond donors (Lipinski definition) is 1. The van der Waals surface area contributed by atoms with Crippen LogP contribution in [0.5, 0.6) is 0 Å². The van der Waals surface area contributed by atoms with Crippen molar-refractivity contribution in [3.63, 3.8) is 0 Å². The molecular weight excluding hydrogens is 229 g/mol. The summed E-state index contributed by atoms with van der Waals surface area (Å²) in [5, 5.41) is 2.93. The van der Waals surface area contributed by atoms with Gasteiger partial charge in [-0.2, -0.15) is 0 Å². The van der Waals surface area contributed by atoms with Crippen LogP contribution >= 0.6 is 0 Å². The Labute approximate surface area is 108 Å². The Morgan fingerprint density at radius 2 is 2.17 bits per heavy atom. The number of hydrogen-bond acceptors (Lipinski definition) is 1. The number of benzene rings is 1. The molecule has 0 aliphatic heterocycles. The van der Waals surface area contributed by atoms with Crippen LogP contribution < -0.4 is 5.32 Å². The van der Waals surface area contributed by atoms with Gasteiger partial charge in [0.05, 0.1) is 0 Å². The lowest BCUT2D eigenvalue weighted by Gasteiger charge is -2.07. The molecule has 0 aromatic heterocycles. The minimum absolute atomic E-state index is 0.0333. The maximum absolute atomic E-state index is 13.5. The van der Waals surface area contributed by atoms with Gasteiger partial charge in [0.15, 0.2) is 0 Å². The van der Waals surface area contributed by atoms with Crippen LogP contribution in [0.1, 0.15) is 38.2 Å². The molecule has 2 rings (SSSR count). The maximum Gasteiger partial charge on any atom is 0.223 e. The second-order valence-corrected chi connectivity index (χ2v) is 5.44. The first-order valence-corrected chi connectivity index (χ1v) is 6.61. The van der Waals surface area contributed by atoms with Crippen molar-refractivity contribution >= 4 is 5.91 Å². The average molecular weight is 249 g/mol. The molecule has 1 aromatic rings. The molecular formula is C15H20FNO. The fourth-order valence-corrected chi connectivity index (χ4v) is 2.22. The summed E-state index contributed by atoms with van der Waals surface area (Å²) in [5.41, 5.74) is 0.682. The van der Waals surface area contributed by atoms with Gasteiger partial charge in [-0.3, -0.25) is 4.79 Å². The van der Waals surface area contributed by atoms with E-state index in [0.29, 0.717) is 11.5 Å². The minimum atomic E-state index is -0.194. The summed E-state index contributed by atoms with van der Waals surface area (Å²) in [6.07, 6.45) is 1.76. The highest BCUT2D eigenvalue weighted by molar-refractivity contribution is 5.82.